The van der Waals surface area contributed by atoms with E-state index in [0.29, 0.717) is 0 Å². The highest BCUT2D eigenvalue weighted by atomic mass is 19.1. The summed E-state index contributed by atoms with van der Waals surface area (Å²) in [6.45, 7) is 1.40. The summed E-state index contributed by atoms with van der Waals surface area (Å²) in [4.78, 5) is 0. The average Bonchev–Trinajstić information content (AvgIpc) is 2.08. The van der Waals surface area contributed by atoms with Crippen LogP contribution < -0.4 is 0 Å². The number of aliphatic hydroxyl groups excluding tert-OH is 2. The van der Waals surface area contributed by atoms with Crippen LogP contribution in [0.4, 0.5) is 4.39 Å². The van der Waals surface area contributed by atoms with E-state index in [-0.39, 0.29) is 5.56 Å². The molecule has 3 nitrogen and oxygen atoms in total. The molecule has 1 rings (SSSR count). The number of rotatable bonds is 2. The monoisotopic (exact) mass is 186 g/mol. The molecular weight excluding hydrogens is 175 g/mol. The fourth-order valence-electron chi connectivity index (χ4n) is 0.986. The normalized spacial score (nSPS) is 15.4. The summed E-state index contributed by atoms with van der Waals surface area (Å²) in [5.41, 5.74) is 0.241. The maximum Gasteiger partial charge on any atom is 0.165 e. The second kappa shape index (κ2) is 3.72. The first-order chi connectivity index (χ1) is 6.02. The standard InChI is InChI=1S/C9H11FO3/c1-5(11)9(13)6-2-3-8(12)7(10)4-6/h2-5,9,11-13H,1H3. The molecule has 2 atom stereocenters. The van der Waals surface area contributed by atoms with Crippen molar-refractivity contribution in [1.29, 1.82) is 0 Å². The van der Waals surface area contributed by atoms with Gasteiger partial charge in [0, 0.05) is 0 Å². The molecule has 0 fully saturated rings. The molecule has 0 saturated carbocycles. The molecule has 0 aliphatic rings. The van der Waals surface area contributed by atoms with E-state index in [1.54, 1.807) is 0 Å². The van der Waals surface area contributed by atoms with Gasteiger partial charge >= 0.3 is 0 Å². The molecule has 0 spiro atoms. The van der Waals surface area contributed by atoms with Crippen molar-refractivity contribution in [2.24, 2.45) is 0 Å². The van der Waals surface area contributed by atoms with Gasteiger partial charge in [-0.1, -0.05) is 6.07 Å². The Bertz CT molecular complexity index is 299. The summed E-state index contributed by atoms with van der Waals surface area (Å²) in [6, 6.07) is 3.48. The molecule has 1 aromatic rings. The Morgan fingerprint density at radius 2 is 1.92 bits per heavy atom. The topological polar surface area (TPSA) is 60.7 Å². The van der Waals surface area contributed by atoms with Gasteiger partial charge in [-0.3, -0.25) is 0 Å². The first-order valence-electron chi connectivity index (χ1n) is 3.87. The fourth-order valence-corrected chi connectivity index (χ4v) is 0.986. The van der Waals surface area contributed by atoms with Gasteiger partial charge in [-0.15, -0.1) is 0 Å². The first-order valence-corrected chi connectivity index (χ1v) is 3.87. The Balaban J connectivity index is 2.97. The summed E-state index contributed by atoms with van der Waals surface area (Å²) >= 11 is 0. The van der Waals surface area contributed by atoms with Crippen LogP contribution in [0.1, 0.15) is 18.6 Å². The summed E-state index contributed by atoms with van der Waals surface area (Å²) < 4.78 is 12.8. The predicted molar refractivity (Wildman–Crippen MR) is 44.7 cm³/mol. The van der Waals surface area contributed by atoms with Crippen molar-refractivity contribution >= 4 is 0 Å². The molecular formula is C9H11FO3. The summed E-state index contributed by atoms with van der Waals surface area (Å²) in [5.74, 6) is -1.28. The van der Waals surface area contributed by atoms with Gasteiger partial charge < -0.3 is 15.3 Å². The van der Waals surface area contributed by atoms with Crippen LogP contribution in [0.25, 0.3) is 0 Å². The highest BCUT2D eigenvalue weighted by molar-refractivity contribution is 5.29. The third kappa shape index (κ3) is 2.17. The lowest BCUT2D eigenvalue weighted by Gasteiger charge is -2.13. The number of phenolic OH excluding ortho intramolecular Hbond substituents is 1. The minimum atomic E-state index is -1.13. The van der Waals surface area contributed by atoms with Crippen LogP contribution in [-0.2, 0) is 0 Å². The molecule has 4 heteroatoms. The Hall–Kier alpha value is -1.13. The first kappa shape index (κ1) is 9.95. The van der Waals surface area contributed by atoms with Crippen LogP contribution in [0.15, 0.2) is 18.2 Å². The van der Waals surface area contributed by atoms with Crippen molar-refractivity contribution < 1.29 is 19.7 Å². The molecule has 1 aromatic carbocycles. The van der Waals surface area contributed by atoms with Crippen molar-refractivity contribution in [1.82, 2.24) is 0 Å². The molecule has 0 saturated heterocycles. The number of phenols is 1. The Kier molecular flexibility index (Phi) is 2.85. The van der Waals surface area contributed by atoms with Crippen molar-refractivity contribution in [3.63, 3.8) is 0 Å². The summed E-state index contributed by atoms with van der Waals surface area (Å²) in [6.07, 6.45) is -2.10. The van der Waals surface area contributed by atoms with Crippen LogP contribution in [0, 0.1) is 5.82 Å². The third-order valence-corrected chi connectivity index (χ3v) is 1.77. The Labute approximate surface area is 75.1 Å². The third-order valence-electron chi connectivity index (χ3n) is 1.77. The molecule has 72 valence electrons. The minimum Gasteiger partial charge on any atom is -0.505 e. The highest BCUT2D eigenvalue weighted by Gasteiger charge is 2.14. The van der Waals surface area contributed by atoms with Gasteiger partial charge in [-0.2, -0.15) is 0 Å². The number of hydrogen-bond donors (Lipinski definition) is 3. The largest absolute Gasteiger partial charge is 0.505 e. The fraction of sp³-hybridized carbons (Fsp3) is 0.333. The highest BCUT2D eigenvalue weighted by Crippen LogP contribution is 2.22. The lowest BCUT2D eigenvalue weighted by molar-refractivity contribution is 0.0303. The molecule has 0 aliphatic heterocycles. The van der Waals surface area contributed by atoms with E-state index in [4.69, 9.17) is 10.2 Å². The van der Waals surface area contributed by atoms with Gasteiger partial charge in [-0.25, -0.2) is 4.39 Å². The zero-order valence-electron chi connectivity index (χ0n) is 7.11. The minimum absolute atomic E-state index is 0.241. The van der Waals surface area contributed by atoms with Gasteiger partial charge in [-0.05, 0) is 24.6 Å². The van der Waals surface area contributed by atoms with Gasteiger partial charge in [0.05, 0.1) is 6.10 Å². The van der Waals surface area contributed by atoms with Crippen molar-refractivity contribution in [2.45, 2.75) is 19.1 Å². The zero-order valence-corrected chi connectivity index (χ0v) is 7.11. The Morgan fingerprint density at radius 1 is 1.31 bits per heavy atom. The van der Waals surface area contributed by atoms with Crippen LogP contribution in [0.3, 0.4) is 0 Å². The quantitative estimate of drug-likeness (QED) is 0.644. The van der Waals surface area contributed by atoms with E-state index in [1.165, 1.54) is 13.0 Å². The van der Waals surface area contributed by atoms with Crippen molar-refractivity contribution in [2.75, 3.05) is 0 Å². The van der Waals surface area contributed by atoms with E-state index < -0.39 is 23.8 Å². The lowest BCUT2D eigenvalue weighted by atomic mass is 10.1. The second-order valence-corrected chi connectivity index (χ2v) is 2.90. The second-order valence-electron chi connectivity index (χ2n) is 2.90. The molecule has 2 unspecified atom stereocenters. The predicted octanol–water partition coefficient (Wildman–Crippen LogP) is 0.946. The molecule has 3 N–H and O–H groups in total. The van der Waals surface area contributed by atoms with E-state index in [1.807, 2.05) is 0 Å². The van der Waals surface area contributed by atoms with Gasteiger partial charge in [0.2, 0.25) is 0 Å². The summed E-state index contributed by atoms with van der Waals surface area (Å²) in [5, 5.41) is 27.2. The van der Waals surface area contributed by atoms with Crippen LogP contribution in [0.5, 0.6) is 5.75 Å². The number of halogens is 1. The van der Waals surface area contributed by atoms with Gasteiger partial charge in [0.15, 0.2) is 11.6 Å². The average molecular weight is 186 g/mol. The van der Waals surface area contributed by atoms with Crippen molar-refractivity contribution in [3.05, 3.63) is 29.6 Å². The molecule has 0 bridgehead atoms. The van der Waals surface area contributed by atoms with E-state index in [2.05, 4.69) is 0 Å². The summed E-state index contributed by atoms with van der Waals surface area (Å²) in [7, 11) is 0. The zero-order chi connectivity index (χ0) is 10.0. The molecule has 0 radical (unpaired) electrons. The van der Waals surface area contributed by atoms with Gasteiger partial charge in [0.25, 0.3) is 0 Å². The van der Waals surface area contributed by atoms with E-state index >= 15 is 0 Å². The molecule has 0 heterocycles. The molecule has 0 amide bonds. The maximum absolute atomic E-state index is 12.8. The van der Waals surface area contributed by atoms with E-state index in [9.17, 15) is 9.50 Å². The lowest BCUT2D eigenvalue weighted by Crippen LogP contribution is -2.13. The van der Waals surface area contributed by atoms with Crippen LogP contribution in [-0.4, -0.2) is 21.4 Å². The number of benzene rings is 1. The van der Waals surface area contributed by atoms with Crippen molar-refractivity contribution in [3.8, 4) is 5.75 Å². The molecule has 0 aliphatic carbocycles. The number of aromatic hydroxyl groups is 1. The van der Waals surface area contributed by atoms with Crippen LogP contribution >= 0.6 is 0 Å². The molecule has 13 heavy (non-hydrogen) atoms. The maximum atomic E-state index is 12.8. The van der Waals surface area contributed by atoms with Gasteiger partial charge in [0.1, 0.15) is 6.10 Å². The smallest absolute Gasteiger partial charge is 0.165 e. The number of aliphatic hydroxyl groups is 2. The Morgan fingerprint density at radius 3 is 2.38 bits per heavy atom. The number of hydrogen-bond acceptors (Lipinski definition) is 3. The van der Waals surface area contributed by atoms with Crippen LogP contribution in [0.2, 0.25) is 0 Å². The van der Waals surface area contributed by atoms with E-state index in [0.717, 1.165) is 12.1 Å². The molecule has 0 aromatic heterocycles. The SMILES string of the molecule is CC(O)C(O)c1ccc(O)c(F)c1.